The Morgan fingerprint density at radius 3 is 2.71 bits per heavy atom. The molecule has 4 N–H and O–H groups in total. The molecular weight excluding hydrogens is 497 g/mol. The van der Waals surface area contributed by atoms with E-state index in [1.54, 1.807) is 6.92 Å². The molecule has 2 atom stereocenters. The van der Waals surface area contributed by atoms with Gasteiger partial charge in [-0.2, -0.15) is 0 Å². The Balaban J connectivity index is 1.46. The number of H-pyrrole nitrogens is 1. The van der Waals surface area contributed by atoms with Gasteiger partial charge in [-0.25, -0.2) is 14.4 Å². The molecule has 11 nitrogen and oxygen atoms in total. The standard InChI is InChI=1S/C26H30FN5O6/c1-13-22(26(36)31-17-5-6-32(9-18(17)34)21(35)10-33)24-25(30-13)23(28-12-29-24)15-7-20(37-2)16(27)8-19(15)38-11-14-3-4-14/h7-8,12,14,17-18,30,33-34H,3-6,9-11H2,1-2H3,(H,31,36). The van der Waals surface area contributed by atoms with E-state index in [1.165, 1.54) is 30.5 Å². The van der Waals surface area contributed by atoms with Gasteiger partial charge >= 0.3 is 0 Å². The van der Waals surface area contributed by atoms with Crippen LogP contribution in [0.5, 0.6) is 11.5 Å². The number of fused-ring (bicyclic) bond motifs is 1. The SMILES string of the molecule is COc1cc(-c2ncnc3c(C(=O)NC4CCN(C(=O)CO)CC4O)c(C)[nH]c23)c(OCC2CC2)cc1F. The van der Waals surface area contributed by atoms with Gasteiger partial charge in [-0.1, -0.05) is 0 Å². The molecule has 2 unspecified atom stereocenters. The number of halogens is 1. The molecule has 2 aromatic heterocycles. The molecule has 1 aromatic carbocycles. The highest BCUT2D eigenvalue weighted by Crippen LogP contribution is 2.39. The van der Waals surface area contributed by atoms with Crippen molar-refractivity contribution < 1.29 is 33.7 Å². The first kappa shape index (κ1) is 25.9. The van der Waals surface area contributed by atoms with Gasteiger partial charge in [0.15, 0.2) is 11.6 Å². The molecule has 5 rings (SSSR count). The van der Waals surface area contributed by atoms with E-state index in [0.717, 1.165) is 12.8 Å². The van der Waals surface area contributed by atoms with Crippen LogP contribution in [0, 0.1) is 18.7 Å². The Morgan fingerprint density at radius 1 is 1.24 bits per heavy atom. The van der Waals surface area contributed by atoms with Crippen molar-refractivity contribution in [2.75, 3.05) is 33.4 Å². The molecule has 202 valence electrons. The lowest BCUT2D eigenvalue weighted by atomic mass is 10.0. The lowest BCUT2D eigenvalue weighted by molar-refractivity contribution is -0.137. The Hall–Kier alpha value is -3.77. The number of carbonyl (C=O) groups excluding carboxylic acids is 2. The van der Waals surface area contributed by atoms with Gasteiger partial charge in [-0.3, -0.25) is 9.59 Å². The monoisotopic (exact) mass is 527 g/mol. The molecule has 3 heterocycles. The highest BCUT2D eigenvalue weighted by atomic mass is 19.1. The number of aromatic amines is 1. The Kier molecular flexibility index (Phi) is 7.17. The number of β-amino-alcohol motifs (C(OH)–C–C–N with tert-alkyl or cyclic N) is 1. The highest BCUT2D eigenvalue weighted by Gasteiger charge is 2.32. The first-order valence-corrected chi connectivity index (χ1v) is 12.5. The zero-order chi connectivity index (χ0) is 27.0. The van der Waals surface area contributed by atoms with Crippen molar-refractivity contribution in [2.24, 2.45) is 5.92 Å². The highest BCUT2D eigenvalue weighted by molar-refractivity contribution is 6.09. The molecule has 1 aliphatic carbocycles. The number of aliphatic hydroxyl groups is 2. The molecule has 2 fully saturated rings. The summed E-state index contributed by atoms with van der Waals surface area (Å²) in [6, 6.07) is 2.22. The smallest absolute Gasteiger partial charge is 0.255 e. The van der Waals surface area contributed by atoms with Crippen molar-refractivity contribution in [2.45, 2.75) is 38.3 Å². The molecular formula is C26H30FN5O6. The molecule has 0 spiro atoms. The third-order valence-electron chi connectivity index (χ3n) is 7.07. The number of aromatic nitrogens is 3. The number of benzene rings is 1. The molecule has 1 aliphatic heterocycles. The minimum absolute atomic E-state index is 0.0135. The lowest BCUT2D eigenvalue weighted by Gasteiger charge is -2.36. The molecule has 12 heteroatoms. The molecule has 0 radical (unpaired) electrons. The van der Waals surface area contributed by atoms with Gasteiger partial charge in [0.25, 0.3) is 5.91 Å². The number of aliphatic hydroxyl groups excluding tert-OH is 2. The quantitative estimate of drug-likeness (QED) is 0.345. The number of nitrogens with one attached hydrogen (secondary N) is 2. The third-order valence-corrected chi connectivity index (χ3v) is 7.07. The van der Waals surface area contributed by atoms with E-state index in [9.17, 15) is 19.1 Å². The van der Waals surface area contributed by atoms with E-state index < -0.39 is 36.4 Å². The second-order valence-electron chi connectivity index (χ2n) is 9.74. The van der Waals surface area contributed by atoms with E-state index >= 15 is 0 Å². The molecule has 1 saturated heterocycles. The van der Waals surface area contributed by atoms with Crippen LogP contribution in [-0.2, 0) is 4.79 Å². The number of hydrogen-bond acceptors (Lipinski definition) is 8. The van der Waals surface area contributed by atoms with Gasteiger partial charge in [0.2, 0.25) is 5.91 Å². The fourth-order valence-corrected chi connectivity index (χ4v) is 4.76. The Morgan fingerprint density at radius 2 is 2.03 bits per heavy atom. The van der Waals surface area contributed by atoms with Crippen LogP contribution in [0.4, 0.5) is 4.39 Å². The number of aryl methyl sites for hydroxylation is 1. The fraction of sp³-hybridized carbons (Fsp3) is 0.462. The first-order chi connectivity index (χ1) is 18.3. The number of hydrogen-bond donors (Lipinski definition) is 4. The molecule has 2 aliphatic rings. The second-order valence-corrected chi connectivity index (χ2v) is 9.74. The fourth-order valence-electron chi connectivity index (χ4n) is 4.76. The summed E-state index contributed by atoms with van der Waals surface area (Å²) in [5, 5.41) is 22.4. The summed E-state index contributed by atoms with van der Waals surface area (Å²) >= 11 is 0. The Labute approximate surface area is 218 Å². The summed E-state index contributed by atoms with van der Waals surface area (Å²) in [6.07, 6.45) is 2.82. The van der Waals surface area contributed by atoms with Crippen LogP contribution in [0.25, 0.3) is 22.3 Å². The van der Waals surface area contributed by atoms with Gasteiger partial charge in [-0.05, 0) is 38.2 Å². The summed E-state index contributed by atoms with van der Waals surface area (Å²) in [7, 11) is 1.38. The largest absolute Gasteiger partial charge is 0.494 e. The van der Waals surface area contributed by atoms with E-state index in [4.69, 9.17) is 14.6 Å². The van der Waals surface area contributed by atoms with Crippen molar-refractivity contribution in [3.63, 3.8) is 0 Å². The minimum atomic E-state index is -0.989. The minimum Gasteiger partial charge on any atom is -0.494 e. The number of amides is 2. The number of rotatable bonds is 8. The van der Waals surface area contributed by atoms with Crippen LogP contribution in [0.3, 0.4) is 0 Å². The molecule has 3 aromatic rings. The third kappa shape index (κ3) is 5.01. The predicted molar refractivity (Wildman–Crippen MR) is 134 cm³/mol. The first-order valence-electron chi connectivity index (χ1n) is 12.5. The van der Waals surface area contributed by atoms with Crippen LogP contribution >= 0.6 is 0 Å². The second kappa shape index (κ2) is 10.5. The number of piperidine rings is 1. The zero-order valence-electron chi connectivity index (χ0n) is 21.2. The maximum Gasteiger partial charge on any atom is 0.255 e. The zero-order valence-corrected chi connectivity index (χ0v) is 21.2. The van der Waals surface area contributed by atoms with Crippen molar-refractivity contribution >= 4 is 22.8 Å². The van der Waals surface area contributed by atoms with Crippen LogP contribution in [0.1, 0.15) is 35.3 Å². The van der Waals surface area contributed by atoms with Gasteiger partial charge in [0, 0.05) is 30.4 Å². The lowest BCUT2D eigenvalue weighted by Crippen LogP contribution is -2.55. The summed E-state index contributed by atoms with van der Waals surface area (Å²) < 4.78 is 25.7. The van der Waals surface area contributed by atoms with Crippen LogP contribution in [0.2, 0.25) is 0 Å². The van der Waals surface area contributed by atoms with Gasteiger partial charge < -0.3 is 34.9 Å². The Bertz CT molecular complexity index is 1370. The number of nitrogens with zero attached hydrogens (tertiary/aromatic N) is 3. The maximum absolute atomic E-state index is 14.6. The molecule has 0 bridgehead atoms. The van der Waals surface area contributed by atoms with Crippen LogP contribution in [-0.4, -0.2) is 87.4 Å². The maximum atomic E-state index is 14.6. The van der Waals surface area contributed by atoms with Gasteiger partial charge in [0.05, 0.1) is 36.9 Å². The molecule has 2 amide bonds. The predicted octanol–water partition coefficient (Wildman–Crippen LogP) is 1.55. The van der Waals surface area contributed by atoms with Crippen molar-refractivity contribution in [1.29, 1.82) is 0 Å². The topological polar surface area (TPSA) is 150 Å². The van der Waals surface area contributed by atoms with Crippen molar-refractivity contribution in [1.82, 2.24) is 25.2 Å². The number of likely N-dealkylation sites (tertiary alicyclic amines) is 1. The van der Waals surface area contributed by atoms with E-state index in [-0.39, 0.29) is 12.3 Å². The number of ether oxygens (including phenoxy) is 2. The average Bonchev–Trinajstić information content (AvgIpc) is 3.67. The molecule has 1 saturated carbocycles. The summed E-state index contributed by atoms with van der Waals surface area (Å²) in [5.74, 6) is -0.659. The van der Waals surface area contributed by atoms with Gasteiger partial charge in [0.1, 0.15) is 29.9 Å². The van der Waals surface area contributed by atoms with Gasteiger partial charge in [-0.15, -0.1) is 0 Å². The number of carbonyl (C=O) groups is 2. The van der Waals surface area contributed by atoms with E-state index in [0.29, 0.717) is 64.8 Å². The van der Waals surface area contributed by atoms with E-state index in [1.807, 2.05) is 0 Å². The summed E-state index contributed by atoms with van der Waals surface area (Å²) in [4.78, 5) is 38.4. The summed E-state index contributed by atoms with van der Waals surface area (Å²) in [5.41, 5.74) is 2.60. The summed E-state index contributed by atoms with van der Waals surface area (Å²) in [6.45, 7) is 1.88. The number of methoxy groups -OCH3 is 1. The van der Waals surface area contributed by atoms with Crippen LogP contribution < -0.4 is 14.8 Å². The molecule has 38 heavy (non-hydrogen) atoms. The average molecular weight is 528 g/mol. The van der Waals surface area contributed by atoms with E-state index in [2.05, 4.69) is 20.3 Å². The van der Waals surface area contributed by atoms with Crippen LogP contribution in [0.15, 0.2) is 18.5 Å². The van der Waals surface area contributed by atoms with Crippen molar-refractivity contribution in [3.05, 3.63) is 35.5 Å². The normalized spacial score (nSPS) is 19.4. The van der Waals surface area contributed by atoms with Crippen molar-refractivity contribution in [3.8, 4) is 22.8 Å².